The molecule has 0 aliphatic carbocycles. The van der Waals surface area contributed by atoms with Gasteiger partial charge in [0.15, 0.2) is 11.6 Å². The van der Waals surface area contributed by atoms with Crippen LogP contribution in [0, 0.1) is 27.7 Å². The largest absolute Gasteiger partial charge is 0.355 e. The first-order valence-corrected chi connectivity index (χ1v) is 9.19. The second kappa shape index (κ2) is 6.68. The van der Waals surface area contributed by atoms with Gasteiger partial charge in [-0.2, -0.15) is 4.98 Å². The van der Waals surface area contributed by atoms with Gasteiger partial charge in [-0.05, 0) is 53.2 Å². The van der Waals surface area contributed by atoms with Crippen LogP contribution in [-0.4, -0.2) is 41.4 Å². The van der Waals surface area contributed by atoms with E-state index in [-0.39, 0.29) is 11.6 Å². The summed E-state index contributed by atoms with van der Waals surface area (Å²) < 4.78 is 1.67. The number of H-pyrrole nitrogens is 1. The molecule has 0 bridgehead atoms. The summed E-state index contributed by atoms with van der Waals surface area (Å²) in [6.07, 6.45) is 0. The van der Waals surface area contributed by atoms with Crippen molar-refractivity contribution in [2.45, 2.75) is 51.9 Å². The van der Waals surface area contributed by atoms with Gasteiger partial charge in [0.2, 0.25) is 5.16 Å². The van der Waals surface area contributed by atoms with Gasteiger partial charge in [-0.15, -0.1) is 5.10 Å². The third-order valence-corrected chi connectivity index (χ3v) is 5.24. The molecule has 136 valence electrons. The van der Waals surface area contributed by atoms with Crippen LogP contribution in [0.15, 0.2) is 11.2 Å². The Kier molecular flexibility index (Phi) is 4.70. The average Bonchev–Trinajstić information content (AvgIpc) is 3.06. The summed E-state index contributed by atoms with van der Waals surface area (Å²) in [5.41, 5.74) is 4.29. The zero-order chi connectivity index (χ0) is 19.2. The van der Waals surface area contributed by atoms with Crippen molar-refractivity contribution in [3.8, 4) is 0 Å². The van der Waals surface area contributed by atoms with Crippen LogP contribution in [0.25, 0.3) is 5.78 Å². The van der Waals surface area contributed by atoms with E-state index < -0.39 is 5.25 Å². The monoisotopic (exact) mass is 371 g/mol. The Bertz CT molecular complexity index is 1030. The van der Waals surface area contributed by atoms with Crippen molar-refractivity contribution in [2.24, 2.45) is 0 Å². The van der Waals surface area contributed by atoms with Gasteiger partial charge in [-0.3, -0.25) is 9.59 Å². The lowest BCUT2D eigenvalue weighted by Crippen LogP contribution is -2.15. The van der Waals surface area contributed by atoms with E-state index >= 15 is 0 Å². The molecule has 1 unspecified atom stereocenters. The van der Waals surface area contributed by atoms with Crippen LogP contribution in [0.3, 0.4) is 0 Å². The third-order valence-electron chi connectivity index (χ3n) is 4.29. The lowest BCUT2D eigenvalue weighted by Gasteiger charge is -2.07. The number of aromatic amines is 1. The molecule has 0 amide bonds. The number of aromatic nitrogens is 5. The lowest BCUT2D eigenvalue weighted by atomic mass is 10.0. The van der Waals surface area contributed by atoms with E-state index in [4.69, 9.17) is 0 Å². The topological polar surface area (TPSA) is 93.0 Å². The number of carbonyl (C=O) groups excluding carboxylic acids is 2. The van der Waals surface area contributed by atoms with Crippen molar-refractivity contribution < 1.29 is 9.59 Å². The maximum absolute atomic E-state index is 12.9. The van der Waals surface area contributed by atoms with Crippen molar-refractivity contribution in [1.82, 2.24) is 24.6 Å². The van der Waals surface area contributed by atoms with Gasteiger partial charge in [0, 0.05) is 22.6 Å². The molecule has 26 heavy (non-hydrogen) atoms. The molecule has 3 aromatic rings. The van der Waals surface area contributed by atoms with Crippen LogP contribution in [0.1, 0.15) is 57.3 Å². The molecule has 1 N–H and O–H groups in total. The number of nitrogens with zero attached hydrogens (tertiary/aromatic N) is 4. The normalized spacial score (nSPS) is 12.5. The van der Waals surface area contributed by atoms with Gasteiger partial charge in [0.05, 0.1) is 10.9 Å². The summed E-state index contributed by atoms with van der Waals surface area (Å²) in [6.45, 7) is 10.8. The Labute approximate surface area is 155 Å². The summed E-state index contributed by atoms with van der Waals surface area (Å²) in [5, 5.41) is 4.53. The van der Waals surface area contributed by atoms with Crippen molar-refractivity contribution in [1.29, 1.82) is 0 Å². The van der Waals surface area contributed by atoms with E-state index in [1.807, 2.05) is 26.8 Å². The average molecular weight is 371 g/mol. The lowest BCUT2D eigenvalue weighted by molar-refractivity contribution is 0.0988. The summed E-state index contributed by atoms with van der Waals surface area (Å²) in [6, 6.07) is 1.93. The fraction of sp³-hybridized carbons (Fsp3) is 0.389. The first-order valence-electron chi connectivity index (χ1n) is 8.31. The molecule has 0 saturated carbocycles. The maximum atomic E-state index is 12.9. The molecule has 3 rings (SSSR count). The van der Waals surface area contributed by atoms with Crippen molar-refractivity contribution in [3.63, 3.8) is 0 Å². The standard InChI is InChI=1S/C18H21N5O2S/c1-8-7-9(2)23-17(19-8)21-18(22-23)26-13(6)16(25)15-10(3)14(12(5)24)11(4)20-15/h7,13,20H,1-6H3. The predicted molar refractivity (Wildman–Crippen MR) is 100 cm³/mol. The third kappa shape index (κ3) is 3.16. The molecular formula is C18H21N5O2S. The SMILES string of the molecule is CC(=O)c1c(C)[nH]c(C(=O)C(C)Sc2nc3nc(C)cc(C)n3n2)c1C. The number of carbonyl (C=O) groups is 2. The fourth-order valence-electron chi connectivity index (χ4n) is 3.14. The molecule has 0 saturated heterocycles. The van der Waals surface area contributed by atoms with Crippen LogP contribution < -0.4 is 0 Å². The van der Waals surface area contributed by atoms with Gasteiger partial charge >= 0.3 is 0 Å². The molecule has 0 aromatic carbocycles. The highest BCUT2D eigenvalue weighted by atomic mass is 32.2. The minimum absolute atomic E-state index is 0.0467. The highest BCUT2D eigenvalue weighted by molar-refractivity contribution is 8.00. The van der Waals surface area contributed by atoms with Crippen molar-refractivity contribution >= 4 is 29.1 Å². The van der Waals surface area contributed by atoms with Gasteiger partial charge < -0.3 is 4.98 Å². The number of hydrogen-bond donors (Lipinski definition) is 1. The van der Waals surface area contributed by atoms with Crippen molar-refractivity contribution in [3.05, 3.63) is 40.0 Å². The molecule has 0 fully saturated rings. The van der Waals surface area contributed by atoms with E-state index in [0.29, 0.717) is 27.8 Å². The number of nitrogens with one attached hydrogen (secondary N) is 1. The van der Waals surface area contributed by atoms with E-state index in [0.717, 1.165) is 17.1 Å². The zero-order valence-electron chi connectivity index (χ0n) is 15.7. The Hall–Kier alpha value is -2.48. The number of ketones is 2. The predicted octanol–water partition coefficient (Wildman–Crippen LogP) is 3.25. The molecule has 3 aromatic heterocycles. The number of Topliss-reactive ketones (excluding diaryl/α,β-unsaturated/α-hetero) is 2. The van der Waals surface area contributed by atoms with E-state index in [2.05, 4.69) is 20.1 Å². The maximum Gasteiger partial charge on any atom is 0.253 e. The highest BCUT2D eigenvalue weighted by Crippen LogP contribution is 2.26. The minimum atomic E-state index is -0.398. The molecule has 3 heterocycles. The van der Waals surface area contributed by atoms with Crippen molar-refractivity contribution in [2.75, 3.05) is 0 Å². The molecule has 8 heteroatoms. The molecule has 0 spiro atoms. The zero-order valence-corrected chi connectivity index (χ0v) is 16.5. The second-order valence-corrected chi connectivity index (χ2v) is 7.76. The smallest absolute Gasteiger partial charge is 0.253 e. The number of fused-ring (bicyclic) bond motifs is 1. The summed E-state index contributed by atoms with van der Waals surface area (Å²) >= 11 is 1.28. The molecule has 0 aliphatic heterocycles. The number of aryl methyl sites for hydroxylation is 3. The number of thioether (sulfide) groups is 1. The molecule has 7 nitrogen and oxygen atoms in total. The quantitative estimate of drug-likeness (QED) is 0.547. The van der Waals surface area contributed by atoms with Crippen LogP contribution in [-0.2, 0) is 0 Å². The van der Waals surface area contributed by atoms with Crippen LogP contribution >= 0.6 is 11.8 Å². The molecule has 0 aliphatic rings. The first kappa shape index (κ1) is 18.3. The minimum Gasteiger partial charge on any atom is -0.355 e. The Morgan fingerprint density at radius 2 is 1.88 bits per heavy atom. The second-order valence-electron chi connectivity index (χ2n) is 6.45. The highest BCUT2D eigenvalue weighted by Gasteiger charge is 2.25. The molecular weight excluding hydrogens is 350 g/mol. The van der Waals surface area contributed by atoms with Gasteiger partial charge in [0.25, 0.3) is 5.78 Å². The van der Waals surface area contributed by atoms with Crippen LogP contribution in [0.2, 0.25) is 0 Å². The first-order chi connectivity index (χ1) is 12.2. The van der Waals surface area contributed by atoms with E-state index in [9.17, 15) is 9.59 Å². The summed E-state index contributed by atoms with van der Waals surface area (Å²) in [4.78, 5) is 36.5. The summed E-state index contributed by atoms with van der Waals surface area (Å²) in [7, 11) is 0. The number of hydrogen-bond acceptors (Lipinski definition) is 6. The van der Waals surface area contributed by atoms with Gasteiger partial charge in [0.1, 0.15) is 0 Å². The van der Waals surface area contributed by atoms with Crippen LogP contribution in [0.4, 0.5) is 0 Å². The van der Waals surface area contributed by atoms with E-state index in [1.165, 1.54) is 18.7 Å². The Morgan fingerprint density at radius 1 is 1.19 bits per heavy atom. The number of rotatable bonds is 5. The van der Waals surface area contributed by atoms with Gasteiger partial charge in [-0.25, -0.2) is 9.50 Å². The van der Waals surface area contributed by atoms with Gasteiger partial charge in [-0.1, -0.05) is 11.8 Å². The van der Waals surface area contributed by atoms with E-state index in [1.54, 1.807) is 18.4 Å². The summed E-state index contributed by atoms with van der Waals surface area (Å²) in [5.74, 6) is 0.396. The van der Waals surface area contributed by atoms with Crippen LogP contribution in [0.5, 0.6) is 0 Å². The molecule has 0 radical (unpaired) electrons. The molecule has 1 atom stereocenters. The Morgan fingerprint density at radius 3 is 2.50 bits per heavy atom. The Balaban J connectivity index is 1.87. The fourth-order valence-corrected chi connectivity index (χ4v) is 3.94.